The predicted octanol–water partition coefficient (Wildman–Crippen LogP) is 3.84. The van der Waals surface area contributed by atoms with Crippen LogP contribution in [-0.4, -0.2) is 28.4 Å². The highest BCUT2D eigenvalue weighted by atomic mass is 19.4. The Balaban J connectivity index is 1.57. The summed E-state index contributed by atoms with van der Waals surface area (Å²) in [6, 6.07) is 12.9. The number of aryl methyl sites for hydroxylation is 1. The molecule has 0 radical (unpaired) electrons. The van der Waals surface area contributed by atoms with E-state index in [1.807, 2.05) is 0 Å². The molecule has 0 aliphatic heterocycles. The van der Waals surface area contributed by atoms with Gasteiger partial charge in [-0.3, -0.25) is 14.4 Å². The summed E-state index contributed by atoms with van der Waals surface area (Å²) in [5.74, 6) is -0.801. The van der Waals surface area contributed by atoms with Gasteiger partial charge in [0, 0.05) is 43.4 Å². The Bertz CT molecular complexity index is 1480. The standard InChI is InChI=1S/C25H21F3N4O3/c1-29-23(34)20-11-18-19(13-32(2)24(35)21(18)31-20)15-6-8-16(9-7-15)22(33)30-12-14-4-3-5-17(10-14)25(26,27)28/h3-11,13,31H,12H2,1-2H3,(H,29,34)(H,30,33). The molecule has 180 valence electrons. The van der Waals surface area contributed by atoms with E-state index in [-0.39, 0.29) is 29.2 Å². The third kappa shape index (κ3) is 4.81. The summed E-state index contributed by atoms with van der Waals surface area (Å²) in [4.78, 5) is 40.0. The van der Waals surface area contributed by atoms with Gasteiger partial charge >= 0.3 is 6.18 Å². The number of pyridine rings is 1. The third-order valence-corrected chi connectivity index (χ3v) is 5.60. The Morgan fingerprint density at radius 3 is 2.40 bits per heavy atom. The number of carbonyl (C=O) groups excluding carboxylic acids is 2. The number of carbonyl (C=O) groups is 2. The summed E-state index contributed by atoms with van der Waals surface area (Å²) in [6.45, 7) is -0.0580. The highest BCUT2D eigenvalue weighted by molar-refractivity contribution is 6.02. The van der Waals surface area contributed by atoms with Crippen LogP contribution in [0.1, 0.15) is 32.0 Å². The number of amides is 2. The molecule has 4 rings (SSSR count). The van der Waals surface area contributed by atoms with Gasteiger partial charge in [0.05, 0.1) is 5.56 Å². The van der Waals surface area contributed by atoms with Gasteiger partial charge in [-0.25, -0.2) is 0 Å². The van der Waals surface area contributed by atoms with Crippen molar-refractivity contribution in [2.45, 2.75) is 12.7 Å². The van der Waals surface area contributed by atoms with Gasteiger partial charge in [-0.15, -0.1) is 0 Å². The van der Waals surface area contributed by atoms with E-state index in [0.717, 1.165) is 12.1 Å². The van der Waals surface area contributed by atoms with Crippen LogP contribution in [-0.2, 0) is 19.8 Å². The third-order valence-electron chi connectivity index (χ3n) is 5.60. The SMILES string of the molecule is CNC(=O)c1cc2c(-c3ccc(C(=O)NCc4cccc(C(F)(F)F)c4)cc3)cn(C)c(=O)c2[nH]1. The lowest BCUT2D eigenvalue weighted by Gasteiger charge is -2.10. The van der Waals surface area contributed by atoms with E-state index in [1.54, 1.807) is 43.6 Å². The predicted molar refractivity (Wildman–Crippen MR) is 125 cm³/mol. The lowest BCUT2D eigenvalue weighted by Crippen LogP contribution is -2.23. The molecule has 35 heavy (non-hydrogen) atoms. The number of rotatable bonds is 5. The minimum atomic E-state index is -4.46. The number of H-pyrrole nitrogens is 1. The zero-order valence-corrected chi connectivity index (χ0v) is 18.8. The molecule has 0 saturated heterocycles. The molecule has 3 N–H and O–H groups in total. The molecule has 4 aromatic rings. The van der Waals surface area contributed by atoms with Crippen molar-refractivity contribution in [1.82, 2.24) is 20.2 Å². The van der Waals surface area contributed by atoms with E-state index >= 15 is 0 Å². The first-order valence-electron chi connectivity index (χ1n) is 10.6. The van der Waals surface area contributed by atoms with Crippen molar-refractivity contribution in [3.63, 3.8) is 0 Å². The van der Waals surface area contributed by atoms with Gasteiger partial charge in [-0.1, -0.05) is 24.3 Å². The maximum Gasteiger partial charge on any atom is 0.416 e. The molecule has 2 amide bonds. The Morgan fingerprint density at radius 1 is 1.03 bits per heavy atom. The Labute approximate surface area is 197 Å². The van der Waals surface area contributed by atoms with Crippen LogP contribution in [0, 0.1) is 0 Å². The molecule has 2 aromatic carbocycles. The monoisotopic (exact) mass is 482 g/mol. The van der Waals surface area contributed by atoms with Crippen molar-refractivity contribution in [3.8, 4) is 11.1 Å². The molecule has 0 fully saturated rings. The molecule has 0 spiro atoms. The van der Waals surface area contributed by atoms with Crippen molar-refractivity contribution in [3.05, 3.63) is 93.5 Å². The first-order chi connectivity index (χ1) is 16.6. The number of hydrogen-bond acceptors (Lipinski definition) is 3. The molecule has 0 atom stereocenters. The van der Waals surface area contributed by atoms with E-state index in [0.29, 0.717) is 27.6 Å². The van der Waals surface area contributed by atoms with Crippen LogP contribution >= 0.6 is 0 Å². The number of hydrogen-bond donors (Lipinski definition) is 3. The van der Waals surface area contributed by atoms with E-state index in [4.69, 9.17) is 0 Å². The molecule has 0 unspecified atom stereocenters. The molecular weight excluding hydrogens is 461 g/mol. The topological polar surface area (TPSA) is 96.0 Å². The van der Waals surface area contributed by atoms with Crippen LogP contribution in [0.2, 0.25) is 0 Å². The zero-order valence-electron chi connectivity index (χ0n) is 18.8. The molecule has 0 aliphatic carbocycles. The first-order valence-corrected chi connectivity index (χ1v) is 10.6. The largest absolute Gasteiger partial charge is 0.416 e. The second kappa shape index (κ2) is 9.13. The van der Waals surface area contributed by atoms with Crippen LogP contribution in [0.5, 0.6) is 0 Å². The minimum absolute atomic E-state index is 0.0580. The van der Waals surface area contributed by atoms with Crippen LogP contribution in [0.3, 0.4) is 0 Å². The fourth-order valence-corrected chi connectivity index (χ4v) is 3.76. The van der Waals surface area contributed by atoms with Gasteiger partial charge in [0.1, 0.15) is 11.2 Å². The number of nitrogens with zero attached hydrogens (tertiary/aromatic N) is 1. The van der Waals surface area contributed by atoms with Gasteiger partial charge in [0.15, 0.2) is 0 Å². The summed E-state index contributed by atoms with van der Waals surface area (Å²) >= 11 is 0. The lowest BCUT2D eigenvalue weighted by atomic mass is 10.0. The van der Waals surface area contributed by atoms with Crippen LogP contribution in [0.15, 0.2) is 65.6 Å². The molecular formula is C25H21F3N4O3. The van der Waals surface area contributed by atoms with E-state index in [9.17, 15) is 27.6 Å². The average molecular weight is 482 g/mol. The summed E-state index contributed by atoms with van der Waals surface area (Å²) in [6.07, 6.45) is -2.81. The quantitative estimate of drug-likeness (QED) is 0.403. The Morgan fingerprint density at radius 2 is 1.74 bits per heavy atom. The van der Waals surface area contributed by atoms with Gasteiger partial charge < -0.3 is 20.2 Å². The van der Waals surface area contributed by atoms with E-state index in [2.05, 4.69) is 15.6 Å². The van der Waals surface area contributed by atoms with Crippen molar-refractivity contribution >= 4 is 22.7 Å². The first kappa shape index (κ1) is 23.8. The molecule has 2 aromatic heterocycles. The van der Waals surface area contributed by atoms with Crippen LogP contribution in [0.4, 0.5) is 13.2 Å². The number of aromatic nitrogens is 2. The minimum Gasteiger partial charge on any atom is -0.354 e. The molecule has 2 heterocycles. The zero-order chi connectivity index (χ0) is 25.3. The van der Waals surface area contributed by atoms with Crippen molar-refractivity contribution < 1.29 is 22.8 Å². The molecule has 10 heteroatoms. The van der Waals surface area contributed by atoms with E-state index < -0.39 is 17.6 Å². The van der Waals surface area contributed by atoms with E-state index in [1.165, 1.54) is 23.7 Å². The lowest BCUT2D eigenvalue weighted by molar-refractivity contribution is -0.137. The fraction of sp³-hybridized carbons (Fsp3) is 0.160. The number of alkyl halides is 3. The van der Waals surface area contributed by atoms with Crippen molar-refractivity contribution in [2.24, 2.45) is 7.05 Å². The Hall–Kier alpha value is -4.34. The van der Waals surface area contributed by atoms with Gasteiger partial charge in [0.2, 0.25) is 0 Å². The normalized spacial score (nSPS) is 11.5. The van der Waals surface area contributed by atoms with Crippen molar-refractivity contribution in [1.29, 1.82) is 0 Å². The van der Waals surface area contributed by atoms with Gasteiger partial charge in [-0.2, -0.15) is 13.2 Å². The number of aromatic amines is 1. The highest BCUT2D eigenvalue weighted by Crippen LogP contribution is 2.30. The molecule has 0 aliphatic rings. The second-order valence-electron chi connectivity index (χ2n) is 7.97. The second-order valence-corrected chi connectivity index (χ2v) is 7.97. The van der Waals surface area contributed by atoms with Crippen LogP contribution in [0.25, 0.3) is 22.0 Å². The number of halogens is 3. The summed E-state index contributed by atoms with van der Waals surface area (Å²) in [7, 11) is 3.09. The summed E-state index contributed by atoms with van der Waals surface area (Å²) in [5, 5.41) is 5.69. The van der Waals surface area contributed by atoms with Crippen LogP contribution < -0.4 is 16.2 Å². The highest BCUT2D eigenvalue weighted by Gasteiger charge is 2.30. The van der Waals surface area contributed by atoms with Gasteiger partial charge in [-0.05, 0) is 41.5 Å². The Kier molecular flexibility index (Phi) is 6.21. The number of benzene rings is 2. The average Bonchev–Trinajstić information content (AvgIpc) is 3.30. The van der Waals surface area contributed by atoms with Crippen molar-refractivity contribution in [2.75, 3.05) is 7.05 Å². The molecule has 7 nitrogen and oxygen atoms in total. The fourth-order valence-electron chi connectivity index (χ4n) is 3.76. The smallest absolute Gasteiger partial charge is 0.354 e. The maximum atomic E-state index is 12.9. The summed E-state index contributed by atoms with van der Waals surface area (Å²) < 4.78 is 40.1. The number of nitrogens with one attached hydrogen (secondary N) is 3. The summed E-state index contributed by atoms with van der Waals surface area (Å²) in [5.41, 5.74) is 1.51. The number of fused-ring (bicyclic) bond motifs is 1. The molecule has 0 bridgehead atoms. The maximum absolute atomic E-state index is 12.9. The van der Waals surface area contributed by atoms with Gasteiger partial charge in [0.25, 0.3) is 17.4 Å². The molecule has 0 saturated carbocycles.